The van der Waals surface area contributed by atoms with Gasteiger partial charge in [-0.3, -0.25) is 0 Å². The van der Waals surface area contributed by atoms with Crippen LogP contribution >= 0.6 is 0 Å². The van der Waals surface area contributed by atoms with Crippen molar-refractivity contribution in [2.24, 2.45) is 11.3 Å². The van der Waals surface area contributed by atoms with Gasteiger partial charge in [0, 0.05) is 6.42 Å². The number of carbonyl (C=O) groups excluding carboxylic acids is 2. The second-order valence-corrected chi connectivity index (χ2v) is 5.81. The number of hydrogen-bond acceptors (Lipinski definition) is 6. The van der Waals surface area contributed by atoms with Gasteiger partial charge in [-0.25, -0.2) is 9.59 Å². The van der Waals surface area contributed by atoms with Crippen LogP contribution in [0, 0.1) is 11.3 Å². The second-order valence-electron chi connectivity index (χ2n) is 5.81. The molecule has 0 rings (SSSR count). The van der Waals surface area contributed by atoms with Gasteiger partial charge in [-0.15, -0.1) is 0 Å². The molecular formula is C14H26O6. The highest BCUT2D eigenvalue weighted by atomic mass is 17.1. The molecule has 0 aromatic carbocycles. The van der Waals surface area contributed by atoms with Crippen LogP contribution in [0.15, 0.2) is 0 Å². The van der Waals surface area contributed by atoms with E-state index in [1.165, 1.54) is 0 Å². The van der Waals surface area contributed by atoms with Gasteiger partial charge in [0.05, 0.1) is 6.42 Å². The van der Waals surface area contributed by atoms with Crippen molar-refractivity contribution in [3.63, 3.8) is 0 Å². The van der Waals surface area contributed by atoms with Gasteiger partial charge >= 0.3 is 11.9 Å². The summed E-state index contributed by atoms with van der Waals surface area (Å²) >= 11 is 0. The van der Waals surface area contributed by atoms with E-state index in [1.54, 1.807) is 0 Å². The van der Waals surface area contributed by atoms with E-state index in [0.717, 1.165) is 25.7 Å². The van der Waals surface area contributed by atoms with Crippen LogP contribution < -0.4 is 0 Å². The van der Waals surface area contributed by atoms with Crippen LogP contribution in [-0.2, 0) is 19.4 Å². The Labute approximate surface area is 119 Å². The van der Waals surface area contributed by atoms with Crippen LogP contribution in [0.2, 0.25) is 0 Å². The summed E-state index contributed by atoms with van der Waals surface area (Å²) in [5.74, 6) is -1.56. The average Bonchev–Trinajstić information content (AvgIpc) is 2.42. The summed E-state index contributed by atoms with van der Waals surface area (Å²) in [7, 11) is 0. The molecule has 2 N–H and O–H groups in total. The topological polar surface area (TPSA) is 93.1 Å². The number of hydrogen-bond donors (Lipinski definition) is 2. The maximum Gasteiger partial charge on any atom is 0.342 e. The van der Waals surface area contributed by atoms with Crippen molar-refractivity contribution in [3.8, 4) is 0 Å². The molecule has 0 saturated heterocycles. The molecule has 0 bridgehead atoms. The Hall–Kier alpha value is -1.14. The van der Waals surface area contributed by atoms with Crippen LogP contribution in [0.1, 0.15) is 65.7 Å². The quantitative estimate of drug-likeness (QED) is 0.364. The highest BCUT2D eigenvalue weighted by Crippen LogP contribution is 2.38. The standard InChI is InChI=1S/C14H26O6/c1-4-5-6-9-14(2,3)11(10-13(16)20-18)7-8-12(15)19-17/h11,17-18H,4-10H2,1-3H3. The lowest BCUT2D eigenvalue weighted by Gasteiger charge is -2.33. The molecule has 0 aliphatic heterocycles. The molecule has 6 heteroatoms. The maximum absolute atomic E-state index is 11.3. The molecule has 0 heterocycles. The van der Waals surface area contributed by atoms with E-state index in [1.807, 2.05) is 13.8 Å². The van der Waals surface area contributed by atoms with Crippen molar-refractivity contribution < 1.29 is 29.9 Å². The molecule has 0 aliphatic carbocycles. The minimum absolute atomic E-state index is 0.0249. The Balaban J connectivity index is 4.61. The first-order valence-electron chi connectivity index (χ1n) is 7.05. The second kappa shape index (κ2) is 9.72. The van der Waals surface area contributed by atoms with Crippen molar-refractivity contribution in [2.75, 3.05) is 0 Å². The van der Waals surface area contributed by atoms with Gasteiger partial charge < -0.3 is 9.78 Å². The summed E-state index contributed by atoms with van der Waals surface area (Å²) in [6.45, 7) is 6.18. The Bertz CT molecular complexity index is 300. The summed E-state index contributed by atoms with van der Waals surface area (Å²) < 4.78 is 0. The largest absolute Gasteiger partial charge is 0.342 e. The maximum atomic E-state index is 11.3. The zero-order valence-electron chi connectivity index (χ0n) is 12.6. The molecule has 0 amide bonds. The molecule has 0 saturated carbocycles. The van der Waals surface area contributed by atoms with Gasteiger partial charge in [0.15, 0.2) is 0 Å². The summed E-state index contributed by atoms with van der Waals surface area (Å²) in [6.07, 6.45) is 4.63. The Morgan fingerprint density at radius 2 is 1.70 bits per heavy atom. The first-order chi connectivity index (χ1) is 9.37. The van der Waals surface area contributed by atoms with E-state index in [9.17, 15) is 9.59 Å². The first kappa shape index (κ1) is 18.9. The van der Waals surface area contributed by atoms with Crippen molar-refractivity contribution in [2.45, 2.75) is 65.7 Å². The van der Waals surface area contributed by atoms with Gasteiger partial charge in [0.25, 0.3) is 0 Å². The van der Waals surface area contributed by atoms with Crippen molar-refractivity contribution in [1.29, 1.82) is 0 Å². The lowest BCUT2D eigenvalue weighted by molar-refractivity contribution is -0.237. The third kappa shape index (κ3) is 7.45. The van der Waals surface area contributed by atoms with E-state index in [-0.39, 0.29) is 24.2 Å². The fraction of sp³-hybridized carbons (Fsp3) is 0.857. The van der Waals surface area contributed by atoms with Crippen LogP contribution in [0.5, 0.6) is 0 Å². The highest BCUT2D eigenvalue weighted by molar-refractivity contribution is 5.70. The Morgan fingerprint density at radius 3 is 2.20 bits per heavy atom. The van der Waals surface area contributed by atoms with Gasteiger partial charge in [-0.05, 0) is 24.2 Å². The molecule has 1 unspecified atom stereocenters. The normalized spacial score (nSPS) is 12.8. The highest BCUT2D eigenvalue weighted by Gasteiger charge is 2.32. The minimum Gasteiger partial charge on any atom is -0.301 e. The van der Waals surface area contributed by atoms with E-state index in [4.69, 9.17) is 10.5 Å². The Morgan fingerprint density at radius 1 is 1.10 bits per heavy atom. The summed E-state index contributed by atoms with van der Waals surface area (Å²) in [6, 6.07) is 0. The molecule has 118 valence electrons. The van der Waals surface area contributed by atoms with Crippen LogP contribution in [0.4, 0.5) is 0 Å². The molecule has 0 aromatic rings. The fourth-order valence-corrected chi connectivity index (χ4v) is 2.38. The summed E-state index contributed by atoms with van der Waals surface area (Å²) in [5.41, 5.74) is -0.168. The van der Waals surface area contributed by atoms with Gasteiger partial charge in [-0.1, -0.05) is 40.0 Å². The fourth-order valence-electron chi connectivity index (χ4n) is 2.38. The summed E-state index contributed by atoms with van der Waals surface area (Å²) in [4.78, 5) is 29.7. The molecule has 1 atom stereocenters. The molecule has 0 fully saturated rings. The average molecular weight is 290 g/mol. The van der Waals surface area contributed by atoms with Gasteiger partial charge in [-0.2, -0.15) is 10.5 Å². The lowest BCUT2D eigenvalue weighted by Crippen LogP contribution is -2.28. The predicted octanol–water partition coefficient (Wildman–Crippen LogP) is 3.41. The molecule has 0 aromatic heterocycles. The zero-order valence-corrected chi connectivity index (χ0v) is 12.6. The first-order valence-corrected chi connectivity index (χ1v) is 7.05. The SMILES string of the molecule is CCCCCC(C)(C)C(CCC(=O)OO)CC(=O)OO. The molecular weight excluding hydrogens is 264 g/mol. The monoisotopic (exact) mass is 290 g/mol. The molecule has 6 nitrogen and oxygen atoms in total. The van der Waals surface area contributed by atoms with Crippen LogP contribution in [-0.4, -0.2) is 22.5 Å². The van der Waals surface area contributed by atoms with Crippen LogP contribution in [0.3, 0.4) is 0 Å². The van der Waals surface area contributed by atoms with Gasteiger partial charge in [0.1, 0.15) is 0 Å². The minimum atomic E-state index is -0.725. The zero-order chi connectivity index (χ0) is 15.6. The van der Waals surface area contributed by atoms with Crippen LogP contribution in [0.25, 0.3) is 0 Å². The van der Waals surface area contributed by atoms with Crippen molar-refractivity contribution in [1.82, 2.24) is 0 Å². The molecule has 0 aliphatic rings. The lowest BCUT2D eigenvalue weighted by atomic mass is 9.71. The molecule has 0 spiro atoms. The molecule has 0 radical (unpaired) electrons. The smallest absolute Gasteiger partial charge is 0.301 e. The number of unbranched alkanes of at least 4 members (excludes halogenated alkanes) is 2. The number of carbonyl (C=O) groups is 2. The van der Waals surface area contributed by atoms with E-state index in [2.05, 4.69) is 16.7 Å². The molecule has 20 heavy (non-hydrogen) atoms. The van der Waals surface area contributed by atoms with Gasteiger partial charge in [0.2, 0.25) is 0 Å². The predicted molar refractivity (Wildman–Crippen MR) is 72.7 cm³/mol. The third-order valence-electron chi connectivity index (χ3n) is 3.84. The Kier molecular flexibility index (Phi) is 9.16. The van der Waals surface area contributed by atoms with E-state index in [0.29, 0.717) is 6.42 Å². The van der Waals surface area contributed by atoms with Crippen molar-refractivity contribution in [3.05, 3.63) is 0 Å². The third-order valence-corrected chi connectivity index (χ3v) is 3.84. The number of rotatable bonds is 10. The van der Waals surface area contributed by atoms with E-state index < -0.39 is 11.9 Å². The van der Waals surface area contributed by atoms with E-state index >= 15 is 0 Å². The summed E-state index contributed by atoms with van der Waals surface area (Å²) in [5, 5.41) is 16.7. The van der Waals surface area contributed by atoms with Crippen molar-refractivity contribution >= 4 is 11.9 Å².